The molecule has 0 bridgehead atoms. The SMILES string of the molecule is O=C(Cn1c(=O)[nH]c2ccccc21)N1CCC[C@]2(CCCO2)CC1. The molecule has 0 radical (unpaired) electrons. The topological polar surface area (TPSA) is 67.3 Å². The molecule has 2 fully saturated rings. The average molecular weight is 329 g/mol. The molecular formula is C18H23N3O3. The number of amides is 1. The van der Waals surface area contributed by atoms with Crippen LogP contribution in [0.1, 0.15) is 32.1 Å². The predicted octanol–water partition coefficient (Wildman–Crippen LogP) is 1.89. The monoisotopic (exact) mass is 329 g/mol. The summed E-state index contributed by atoms with van der Waals surface area (Å²) < 4.78 is 7.51. The summed E-state index contributed by atoms with van der Waals surface area (Å²) in [6.07, 6.45) is 5.13. The zero-order valence-corrected chi connectivity index (χ0v) is 13.8. The number of rotatable bonds is 2. The van der Waals surface area contributed by atoms with E-state index in [1.165, 1.54) is 4.57 Å². The number of aromatic amines is 1. The number of carbonyl (C=O) groups excluding carboxylic acids is 1. The van der Waals surface area contributed by atoms with Gasteiger partial charge in [-0.3, -0.25) is 9.36 Å². The Hall–Kier alpha value is -2.08. The van der Waals surface area contributed by atoms with Gasteiger partial charge in [0.2, 0.25) is 5.91 Å². The van der Waals surface area contributed by atoms with Gasteiger partial charge in [0.05, 0.1) is 16.6 Å². The summed E-state index contributed by atoms with van der Waals surface area (Å²) in [5, 5.41) is 0. The van der Waals surface area contributed by atoms with Gasteiger partial charge in [-0.1, -0.05) is 12.1 Å². The van der Waals surface area contributed by atoms with Gasteiger partial charge in [0.1, 0.15) is 6.54 Å². The average Bonchev–Trinajstić information content (AvgIpc) is 3.08. The largest absolute Gasteiger partial charge is 0.375 e. The number of nitrogens with zero attached hydrogens (tertiary/aromatic N) is 2. The number of benzene rings is 1. The minimum absolute atomic E-state index is 0.00729. The molecule has 2 aliphatic rings. The third-order valence-electron chi connectivity index (χ3n) is 5.41. The molecule has 128 valence electrons. The van der Waals surface area contributed by atoms with Gasteiger partial charge in [-0.25, -0.2) is 4.79 Å². The Balaban J connectivity index is 1.49. The maximum absolute atomic E-state index is 12.7. The van der Waals surface area contributed by atoms with E-state index in [0.29, 0.717) is 0 Å². The van der Waals surface area contributed by atoms with E-state index in [1.807, 2.05) is 29.2 Å². The first-order valence-corrected chi connectivity index (χ1v) is 8.76. The number of imidazole rings is 1. The van der Waals surface area contributed by atoms with Crippen molar-refractivity contribution in [1.29, 1.82) is 0 Å². The molecule has 0 saturated carbocycles. The Kier molecular flexibility index (Phi) is 3.92. The van der Waals surface area contributed by atoms with E-state index >= 15 is 0 Å². The number of H-pyrrole nitrogens is 1. The quantitative estimate of drug-likeness (QED) is 0.915. The highest BCUT2D eigenvalue weighted by Crippen LogP contribution is 2.35. The zero-order valence-electron chi connectivity index (χ0n) is 13.8. The van der Waals surface area contributed by atoms with Crippen molar-refractivity contribution in [3.8, 4) is 0 Å². The Labute approximate surface area is 140 Å². The minimum Gasteiger partial charge on any atom is -0.375 e. The van der Waals surface area contributed by atoms with E-state index in [4.69, 9.17) is 4.74 Å². The van der Waals surface area contributed by atoms with Crippen molar-refractivity contribution in [2.24, 2.45) is 0 Å². The lowest BCUT2D eigenvalue weighted by Gasteiger charge is -2.27. The summed E-state index contributed by atoms with van der Waals surface area (Å²) in [5.41, 5.74) is 1.31. The molecule has 2 saturated heterocycles. The molecule has 24 heavy (non-hydrogen) atoms. The second kappa shape index (κ2) is 6.09. The normalized spacial score (nSPS) is 24.6. The first-order valence-electron chi connectivity index (χ1n) is 8.76. The van der Waals surface area contributed by atoms with Crippen molar-refractivity contribution in [2.45, 2.75) is 44.2 Å². The maximum Gasteiger partial charge on any atom is 0.326 e. The maximum atomic E-state index is 12.7. The summed E-state index contributed by atoms with van der Waals surface area (Å²) in [6.45, 7) is 2.41. The van der Waals surface area contributed by atoms with Gasteiger partial charge in [0.25, 0.3) is 0 Å². The van der Waals surface area contributed by atoms with Crippen LogP contribution < -0.4 is 5.69 Å². The minimum atomic E-state index is -0.227. The fraction of sp³-hybridized carbons (Fsp3) is 0.556. The second-order valence-electron chi connectivity index (χ2n) is 6.90. The third kappa shape index (κ3) is 2.75. The number of para-hydroxylation sites is 2. The fourth-order valence-corrected chi connectivity index (χ4v) is 4.07. The lowest BCUT2D eigenvalue weighted by molar-refractivity contribution is -0.132. The van der Waals surface area contributed by atoms with Crippen molar-refractivity contribution in [3.05, 3.63) is 34.7 Å². The molecule has 2 aromatic rings. The summed E-state index contributed by atoms with van der Waals surface area (Å²) in [6, 6.07) is 7.47. The van der Waals surface area contributed by atoms with Gasteiger partial charge < -0.3 is 14.6 Å². The number of ether oxygens (including phenoxy) is 1. The first-order chi connectivity index (χ1) is 11.7. The van der Waals surface area contributed by atoms with Crippen LogP contribution in [0.4, 0.5) is 0 Å². The third-order valence-corrected chi connectivity index (χ3v) is 5.41. The lowest BCUT2D eigenvalue weighted by atomic mass is 9.92. The molecular weight excluding hydrogens is 306 g/mol. The lowest BCUT2D eigenvalue weighted by Crippen LogP contribution is -2.37. The van der Waals surface area contributed by atoms with Gasteiger partial charge in [-0.05, 0) is 44.2 Å². The van der Waals surface area contributed by atoms with Crippen molar-refractivity contribution < 1.29 is 9.53 Å². The molecule has 1 aromatic heterocycles. The van der Waals surface area contributed by atoms with Gasteiger partial charge in [0.15, 0.2) is 0 Å². The van der Waals surface area contributed by atoms with Crippen LogP contribution >= 0.6 is 0 Å². The molecule has 2 aliphatic heterocycles. The number of carbonyl (C=O) groups is 1. The van der Waals surface area contributed by atoms with Crippen molar-refractivity contribution in [2.75, 3.05) is 19.7 Å². The number of aromatic nitrogens is 2. The van der Waals surface area contributed by atoms with Gasteiger partial charge in [-0.2, -0.15) is 0 Å². The van der Waals surface area contributed by atoms with E-state index in [1.54, 1.807) is 0 Å². The van der Waals surface area contributed by atoms with Gasteiger partial charge in [-0.15, -0.1) is 0 Å². The Morgan fingerprint density at radius 1 is 1.17 bits per heavy atom. The van der Waals surface area contributed by atoms with Gasteiger partial charge >= 0.3 is 5.69 Å². The van der Waals surface area contributed by atoms with Crippen LogP contribution in [0.15, 0.2) is 29.1 Å². The van der Waals surface area contributed by atoms with Crippen LogP contribution in [0, 0.1) is 0 Å². The number of fused-ring (bicyclic) bond motifs is 1. The molecule has 1 N–H and O–H groups in total. The van der Waals surface area contributed by atoms with Crippen molar-refractivity contribution in [3.63, 3.8) is 0 Å². The number of hydrogen-bond acceptors (Lipinski definition) is 3. The summed E-state index contributed by atoms with van der Waals surface area (Å²) in [4.78, 5) is 29.6. The molecule has 4 rings (SSSR count). The van der Waals surface area contributed by atoms with E-state index in [0.717, 1.165) is 62.8 Å². The molecule has 6 nitrogen and oxygen atoms in total. The highest BCUT2D eigenvalue weighted by molar-refractivity contribution is 5.80. The molecule has 0 unspecified atom stereocenters. The smallest absolute Gasteiger partial charge is 0.326 e. The second-order valence-corrected chi connectivity index (χ2v) is 6.90. The summed E-state index contributed by atoms with van der Waals surface area (Å²) >= 11 is 0. The standard InChI is InChI=1S/C18H23N3O3/c22-16(13-21-15-6-2-1-5-14(15)19-17(21)23)20-10-3-7-18(9-11-20)8-4-12-24-18/h1-2,5-6H,3-4,7-13H2,(H,19,23)/t18-/m0/s1. The van der Waals surface area contributed by atoms with E-state index < -0.39 is 0 Å². The van der Waals surface area contributed by atoms with E-state index in [-0.39, 0.29) is 23.7 Å². The predicted molar refractivity (Wildman–Crippen MR) is 90.9 cm³/mol. The highest BCUT2D eigenvalue weighted by atomic mass is 16.5. The zero-order chi connectivity index (χ0) is 16.6. The molecule has 0 aliphatic carbocycles. The number of hydrogen-bond donors (Lipinski definition) is 1. The van der Waals surface area contributed by atoms with Crippen LogP contribution in [0.3, 0.4) is 0 Å². The number of likely N-dealkylation sites (tertiary alicyclic amines) is 1. The molecule has 1 amide bonds. The van der Waals surface area contributed by atoms with Crippen LogP contribution in [-0.4, -0.2) is 45.7 Å². The number of nitrogens with one attached hydrogen (secondary N) is 1. The van der Waals surface area contributed by atoms with E-state index in [9.17, 15) is 9.59 Å². The molecule has 3 heterocycles. The molecule has 1 atom stereocenters. The van der Waals surface area contributed by atoms with Gasteiger partial charge in [0, 0.05) is 19.7 Å². The van der Waals surface area contributed by atoms with Crippen LogP contribution in [-0.2, 0) is 16.1 Å². The Morgan fingerprint density at radius 3 is 2.83 bits per heavy atom. The molecule has 1 aromatic carbocycles. The van der Waals surface area contributed by atoms with E-state index in [2.05, 4.69) is 4.98 Å². The van der Waals surface area contributed by atoms with Crippen LogP contribution in [0.2, 0.25) is 0 Å². The summed E-state index contributed by atoms with van der Waals surface area (Å²) in [5.74, 6) is 0.0110. The van der Waals surface area contributed by atoms with Crippen molar-refractivity contribution >= 4 is 16.9 Å². The first kappa shape index (κ1) is 15.4. The van der Waals surface area contributed by atoms with Crippen LogP contribution in [0.5, 0.6) is 0 Å². The fourth-order valence-electron chi connectivity index (χ4n) is 4.07. The highest BCUT2D eigenvalue weighted by Gasteiger charge is 2.37. The van der Waals surface area contributed by atoms with Crippen LogP contribution in [0.25, 0.3) is 11.0 Å². The summed E-state index contributed by atoms with van der Waals surface area (Å²) in [7, 11) is 0. The Bertz CT molecular complexity index is 801. The molecule has 6 heteroatoms. The molecule has 1 spiro atoms. The Morgan fingerprint density at radius 2 is 2.00 bits per heavy atom. The van der Waals surface area contributed by atoms with Crippen molar-refractivity contribution in [1.82, 2.24) is 14.5 Å².